The van der Waals surface area contributed by atoms with Crippen molar-refractivity contribution in [1.82, 2.24) is 19.4 Å². The molecule has 1 aliphatic heterocycles. The van der Waals surface area contributed by atoms with Gasteiger partial charge in [-0.15, -0.1) is 0 Å². The Bertz CT molecular complexity index is 1340. The number of halogens is 3. The Morgan fingerprint density at radius 1 is 1.14 bits per heavy atom. The number of anilines is 1. The first-order valence-electron chi connectivity index (χ1n) is 11.6. The van der Waals surface area contributed by atoms with Crippen molar-refractivity contribution in [2.45, 2.75) is 52.1 Å². The summed E-state index contributed by atoms with van der Waals surface area (Å²) in [5, 5.41) is 3.04. The summed E-state index contributed by atoms with van der Waals surface area (Å²) in [7, 11) is 1.50. The van der Waals surface area contributed by atoms with Crippen LogP contribution in [0.5, 0.6) is 0 Å². The average Bonchev–Trinajstić information content (AvgIpc) is 2.81. The lowest BCUT2D eigenvalue weighted by molar-refractivity contribution is -0.141. The fourth-order valence-electron chi connectivity index (χ4n) is 4.44. The van der Waals surface area contributed by atoms with Crippen molar-refractivity contribution >= 4 is 22.6 Å². The first kappa shape index (κ1) is 25.6. The number of benzene rings is 1. The van der Waals surface area contributed by atoms with E-state index in [-0.39, 0.29) is 40.5 Å². The number of amides is 1. The number of carbonyl (C=O) groups is 1. The molecule has 192 valence electrons. The number of carbonyl (C=O) groups excluding carboxylic acids is 1. The number of rotatable bonds is 4. The standard InChI is InChI=1S/C25H28F3N5O3/c1-13-11-33(12-14(2)36-13)23(34)17-6-8-18(9-7-17)29-15(3)19-10-20-22(31-21(19)25(26,27)28)30-16(4)32(5)24(20)35/h6-10,13-15,29H,11-12H2,1-5H3. The third-order valence-electron chi connectivity index (χ3n) is 6.28. The van der Waals surface area contributed by atoms with E-state index in [1.54, 1.807) is 36.1 Å². The number of nitrogens with zero attached hydrogens (tertiary/aromatic N) is 4. The van der Waals surface area contributed by atoms with Gasteiger partial charge in [0.25, 0.3) is 11.5 Å². The normalized spacial score (nSPS) is 19.4. The van der Waals surface area contributed by atoms with Gasteiger partial charge in [-0.25, -0.2) is 9.97 Å². The molecule has 1 aliphatic rings. The summed E-state index contributed by atoms with van der Waals surface area (Å²) in [5.74, 6) is 0.135. The number of alkyl halides is 3. The summed E-state index contributed by atoms with van der Waals surface area (Å²) < 4.78 is 48.6. The van der Waals surface area contributed by atoms with Crippen LogP contribution in [0.4, 0.5) is 18.9 Å². The van der Waals surface area contributed by atoms with E-state index in [1.165, 1.54) is 24.6 Å². The molecule has 3 atom stereocenters. The Balaban J connectivity index is 1.61. The second-order valence-corrected chi connectivity index (χ2v) is 9.23. The molecule has 0 saturated carbocycles. The molecule has 8 nitrogen and oxygen atoms in total. The highest BCUT2D eigenvalue weighted by atomic mass is 19.4. The maximum Gasteiger partial charge on any atom is 0.433 e. The number of fused-ring (bicyclic) bond motifs is 1. The Labute approximate surface area is 206 Å². The van der Waals surface area contributed by atoms with Gasteiger partial charge in [-0.05, 0) is 58.0 Å². The summed E-state index contributed by atoms with van der Waals surface area (Å²) >= 11 is 0. The van der Waals surface area contributed by atoms with E-state index in [0.29, 0.717) is 24.3 Å². The molecule has 1 fully saturated rings. The van der Waals surface area contributed by atoms with E-state index in [4.69, 9.17) is 4.74 Å². The van der Waals surface area contributed by atoms with E-state index in [1.807, 2.05) is 13.8 Å². The number of pyridine rings is 1. The minimum Gasteiger partial charge on any atom is -0.378 e. The molecule has 1 amide bonds. The van der Waals surface area contributed by atoms with Crippen molar-refractivity contribution in [3.63, 3.8) is 0 Å². The fraction of sp³-hybridized carbons (Fsp3) is 0.440. The van der Waals surface area contributed by atoms with Gasteiger partial charge in [0, 0.05) is 37.0 Å². The van der Waals surface area contributed by atoms with Crippen LogP contribution in [0.2, 0.25) is 0 Å². The monoisotopic (exact) mass is 503 g/mol. The Hall–Kier alpha value is -3.47. The van der Waals surface area contributed by atoms with E-state index in [9.17, 15) is 22.8 Å². The van der Waals surface area contributed by atoms with Gasteiger partial charge < -0.3 is 15.0 Å². The van der Waals surface area contributed by atoms with Crippen LogP contribution in [0.15, 0.2) is 35.1 Å². The summed E-state index contributed by atoms with van der Waals surface area (Å²) in [6.45, 7) is 7.89. The van der Waals surface area contributed by atoms with Gasteiger partial charge in [-0.1, -0.05) is 0 Å². The van der Waals surface area contributed by atoms with Crippen LogP contribution in [0, 0.1) is 6.92 Å². The van der Waals surface area contributed by atoms with Crippen molar-refractivity contribution in [2.24, 2.45) is 7.05 Å². The molecule has 4 rings (SSSR count). The van der Waals surface area contributed by atoms with Gasteiger partial charge in [0.05, 0.1) is 23.6 Å². The van der Waals surface area contributed by atoms with Gasteiger partial charge in [0.1, 0.15) is 5.82 Å². The first-order valence-corrected chi connectivity index (χ1v) is 11.6. The maximum atomic E-state index is 13.9. The van der Waals surface area contributed by atoms with E-state index in [2.05, 4.69) is 15.3 Å². The van der Waals surface area contributed by atoms with Crippen LogP contribution < -0.4 is 10.9 Å². The largest absolute Gasteiger partial charge is 0.433 e. The molecule has 0 spiro atoms. The summed E-state index contributed by atoms with van der Waals surface area (Å²) in [6, 6.07) is 6.91. The average molecular weight is 504 g/mol. The minimum absolute atomic E-state index is 0.00895. The lowest BCUT2D eigenvalue weighted by Gasteiger charge is -2.35. The Morgan fingerprint density at radius 2 is 1.75 bits per heavy atom. The van der Waals surface area contributed by atoms with Crippen LogP contribution in [-0.4, -0.2) is 50.6 Å². The van der Waals surface area contributed by atoms with Gasteiger partial charge in [0.15, 0.2) is 11.3 Å². The molecule has 11 heteroatoms. The second-order valence-electron chi connectivity index (χ2n) is 9.23. The zero-order valence-corrected chi connectivity index (χ0v) is 20.7. The number of morpholine rings is 1. The molecule has 1 saturated heterocycles. The summed E-state index contributed by atoms with van der Waals surface area (Å²) in [5.41, 5.74) is -0.990. The fourth-order valence-corrected chi connectivity index (χ4v) is 4.44. The maximum absolute atomic E-state index is 13.9. The molecule has 0 radical (unpaired) electrons. The SMILES string of the molecule is Cc1nc2nc(C(F)(F)F)c(C(C)Nc3ccc(C(=O)N4CC(C)OC(C)C4)cc3)cc2c(=O)n1C. The molecule has 1 N–H and O–H groups in total. The molecule has 1 aromatic carbocycles. The number of ether oxygens (including phenoxy) is 1. The zero-order chi connectivity index (χ0) is 26.4. The van der Waals surface area contributed by atoms with Crippen LogP contribution in [-0.2, 0) is 18.0 Å². The van der Waals surface area contributed by atoms with Gasteiger partial charge in [-0.2, -0.15) is 13.2 Å². The number of aryl methyl sites for hydroxylation is 1. The number of hydrogen-bond donors (Lipinski definition) is 1. The van der Waals surface area contributed by atoms with Crippen molar-refractivity contribution in [3.05, 3.63) is 63.3 Å². The smallest absolute Gasteiger partial charge is 0.378 e. The Morgan fingerprint density at radius 3 is 2.33 bits per heavy atom. The van der Waals surface area contributed by atoms with E-state index >= 15 is 0 Å². The topological polar surface area (TPSA) is 89.4 Å². The van der Waals surface area contributed by atoms with Crippen LogP contribution >= 0.6 is 0 Å². The van der Waals surface area contributed by atoms with Gasteiger partial charge >= 0.3 is 6.18 Å². The third kappa shape index (κ3) is 5.06. The molecule has 0 bridgehead atoms. The molecule has 3 unspecified atom stereocenters. The lowest BCUT2D eigenvalue weighted by atomic mass is 10.0. The lowest BCUT2D eigenvalue weighted by Crippen LogP contribution is -2.48. The summed E-state index contributed by atoms with van der Waals surface area (Å²) in [6.07, 6.45) is -4.86. The highest BCUT2D eigenvalue weighted by Gasteiger charge is 2.37. The number of aromatic nitrogens is 3. The Kier molecular flexibility index (Phi) is 6.78. The molecule has 0 aliphatic carbocycles. The van der Waals surface area contributed by atoms with Crippen molar-refractivity contribution in [2.75, 3.05) is 18.4 Å². The predicted octanol–water partition coefficient (Wildman–Crippen LogP) is 4.08. The minimum atomic E-state index is -4.74. The molecule has 36 heavy (non-hydrogen) atoms. The van der Waals surface area contributed by atoms with E-state index in [0.717, 1.165) is 0 Å². The third-order valence-corrected chi connectivity index (χ3v) is 6.28. The predicted molar refractivity (Wildman–Crippen MR) is 129 cm³/mol. The first-order chi connectivity index (χ1) is 16.8. The highest BCUT2D eigenvalue weighted by Crippen LogP contribution is 2.35. The van der Waals surface area contributed by atoms with Crippen molar-refractivity contribution < 1.29 is 22.7 Å². The molecular weight excluding hydrogens is 475 g/mol. The number of hydrogen-bond acceptors (Lipinski definition) is 6. The second kappa shape index (κ2) is 9.53. The van der Waals surface area contributed by atoms with Crippen molar-refractivity contribution in [3.8, 4) is 0 Å². The zero-order valence-electron chi connectivity index (χ0n) is 20.7. The highest BCUT2D eigenvalue weighted by molar-refractivity contribution is 5.94. The van der Waals surface area contributed by atoms with Crippen LogP contribution in [0.1, 0.15) is 54.3 Å². The van der Waals surface area contributed by atoms with Crippen LogP contribution in [0.25, 0.3) is 11.0 Å². The van der Waals surface area contributed by atoms with Crippen LogP contribution in [0.3, 0.4) is 0 Å². The van der Waals surface area contributed by atoms with Gasteiger partial charge in [-0.3, -0.25) is 14.2 Å². The van der Waals surface area contributed by atoms with E-state index < -0.39 is 23.5 Å². The molecule has 3 heterocycles. The molecule has 2 aromatic heterocycles. The summed E-state index contributed by atoms with van der Waals surface area (Å²) in [4.78, 5) is 35.1. The molecule has 3 aromatic rings. The van der Waals surface area contributed by atoms with Gasteiger partial charge in [0.2, 0.25) is 0 Å². The molecular formula is C25H28F3N5O3. The van der Waals surface area contributed by atoms with Crippen molar-refractivity contribution in [1.29, 1.82) is 0 Å². The quantitative estimate of drug-likeness (QED) is 0.577. The number of nitrogens with one attached hydrogen (secondary N) is 1.